The number of pyridine rings is 1. The molecule has 4 aliphatic heterocycles. The Morgan fingerprint density at radius 1 is 0.910 bits per heavy atom. The molecule has 0 saturated carbocycles. The number of aliphatic hydroxyl groups is 1. The molecule has 1 atom stereocenters. The van der Waals surface area contributed by atoms with E-state index in [1.165, 1.54) is 6.07 Å². The molecule has 0 radical (unpaired) electrons. The lowest BCUT2D eigenvalue weighted by Gasteiger charge is -2.40. The standard InChI is InChI=1S/C48H51FN14O4/c1-47(46-51-15-2-16-52-46)11-19-60(20-12-47)40-7-3-31(26-53-40)43-44-32(25-50)27-55-63(44)30-38(57-43)33-28-54-62(29-33)35-9-17-61(18-10-35)42(65)24-48(67)13-21-59(22-14-48)39-6-4-34(23-36(39)49)56-37-5-8-41(64)58-45(37)66/h2-4,6-7,15-16,23,26-30,35,37,56,67H,5,8-14,17-22,24H2,1H3,(H,58,64,66). The number of carbonyl (C=O) groups is 3. The molecule has 9 heterocycles. The maximum Gasteiger partial charge on any atom is 0.249 e. The molecule has 0 spiro atoms. The molecule has 5 aromatic heterocycles. The number of nitrogens with zero attached hydrogens (tertiary/aromatic N) is 12. The summed E-state index contributed by atoms with van der Waals surface area (Å²) in [6.07, 6.45) is 16.8. The minimum atomic E-state index is -1.20. The summed E-state index contributed by atoms with van der Waals surface area (Å²) in [7, 11) is 0. The molecular weight excluding hydrogens is 856 g/mol. The number of fused-ring (bicyclic) bond motifs is 1. The van der Waals surface area contributed by atoms with Crippen molar-refractivity contribution in [2.75, 3.05) is 54.4 Å². The molecule has 10 rings (SSSR count). The van der Waals surface area contributed by atoms with Crippen molar-refractivity contribution in [1.29, 1.82) is 5.26 Å². The highest BCUT2D eigenvalue weighted by atomic mass is 19.1. The monoisotopic (exact) mass is 906 g/mol. The SMILES string of the molecule is CC1(c2ncccn2)CCN(c2ccc(-c3nc(-c4cnn(C5CCN(C(=O)CC6(O)CCN(c7ccc(NC8CCC(=O)NC8=O)cc7F)CC6)CC5)c4)cn4ncc(C#N)c34)cn2)CC1. The van der Waals surface area contributed by atoms with Gasteiger partial charge in [-0.2, -0.15) is 15.5 Å². The van der Waals surface area contributed by atoms with Gasteiger partial charge >= 0.3 is 0 Å². The van der Waals surface area contributed by atoms with Gasteiger partial charge in [0.25, 0.3) is 0 Å². The lowest BCUT2D eigenvalue weighted by Crippen LogP contribution is -2.49. The van der Waals surface area contributed by atoms with E-state index in [4.69, 9.17) is 15.1 Å². The number of hydrogen-bond donors (Lipinski definition) is 3. The van der Waals surface area contributed by atoms with Crippen LogP contribution in [0.3, 0.4) is 0 Å². The highest BCUT2D eigenvalue weighted by Gasteiger charge is 2.38. The van der Waals surface area contributed by atoms with E-state index >= 15 is 4.39 Å². The Kier molecular flexibility index (Phi) is 11.6. The van der Waals surface area contributed by atoms with Gasteiger partial charge in [-0.05, 0) is 81.3 Å². The molecule has 344 valence electrons. The average molecular weight is 907 g/mol. The number of hydrogen-bond acceptors (Lipinski definition) is 14. The molecule has 0 aliphatic carbocycles. The molecule has 4 saturated heterocycles. The van der Waals surface area contributed by atoms with E-state index in [0.717, 1.165) is 48.7 Å². The van der Waals surface area contributed by atoms with Crippen molar-refractivity contribution in [3.05, 3.63) is 97.0 Å². The van der Waals surface area contributed by atoms with Gasteiger partial charge in [0.1, 0.15) is 40.7 Å². The van der Waals surface area contributed by atoms with Crippen LogP contribution in [-0.2, 0) is 19.8 Å². The van der Waals surface area contributed by atoms with Gasteiger partial charge in [-0.1, -0.05) is 6.92 Å². The summed E-state index contributed by atoms with van der Waals surface area (Å²) >= 11 is 0. The number of nitrogens with one attached hydrogen (secondary N) is 2. The Hall–Kier alpha value is -7.33. The summed E-state index contributed by atoms with van der Waals surface area (Å²) in [6, 6.07) is 12.2. The molecule has 4 fully saturated rings. The van der Waals surface area contributed by atoms with Gasteiger partial charge in [0.05, 0.1) is 53.7 Å². The highest BCUT2D eigenvalue weighted by Crippen LogP contribution is 2.37. The van der Waals surface area contributed by atoms with E-state index in [1.807, 2.05) is 38.9 Å². The van der Waals surface area contributed by atoms with E-state index in [-0.39, 0.29) is 36.1 Å². The van der Waals surface area contributed by atoms with Crippen LogP contribution in [0.2, 0.25) is 0 Å². The van der Waals surface area contributed by atoms with Gasteiger partial charge in [-0.15, -0.1) is 0 Å². The second-order valence-electron chi connectivity index (χ2n) is 18.5. The quantitative estimate of drug-likeness (QED) is 0.157. The largest absolute Gasteiger partial charge is 0.389 e. The van der Waals surface area contributed by atoms with Crippen LogP contribution in [0.15, 0.2) is 79.8 Å². The first kappa shape index (κ1) is 43.6. The maximum atomic E-state index is 15.3. The lowest BCUT2D eigenvalue weighted by atomic mass is 9.79. The normalized spacial score (nSPS) is 19.9. The van der Waals surface area contributed by atoms with Crippen molar-refractivity contribution in [3.8, 4) is 28.6 Å². The fraction of sp³-hybridized carbons (Fsp3) is 0.417. The predicted molar refractivity (Wildman–Crippen MR) is 245 cm³/mol. The predicted octanol–water partition coefficient (Wildman–Crippen LogP) is 4.82. The zero-order valence-electron chi connectivity index (χ0n) is 37.2. The topological polar surface area (TPSA) is 216 Å². The number of nitriles is 1. The second kappa shape index (κ2) is 17.8. The van der Waals surface area contributed by atoms with Gasteiger partial charge in [-0.25, -0.2) is 28.8 Å². The van der Waals surface area contributed by atoms with Crippen molar-refractivity contribution >= 4 is 40.4 Å². The summed E-state index contributed by atoms with van der Waals surface area (Å²) < 4.78 is 18.9. The Balaban J connectivity index is 0.745. The van der Waals surface area contributed by atoms with E-state index < -0.39 is 23.4 Å². The number of likely N-dealkylation sites (tertiary alicyclic amines) is 1. The first-order chi connectivity index (χ1) is 32.4. The minimum Gasteiger partial charge on any atom is -0.389 e. The molecule has 1 unspecified atom stereocenters. The third-order valence-electron chi connectivity index (χ3n) is 14.1. The number of imide groups is 1. The van der Waals surface area contributed by atoms with Crippen molar-refractivity contribution in [1.82, 2.24) is 49.5 Å². The van der Waals surface area contributed by atoms with Crippen molar-refractivity contribution in [3.63, 3.8) is 0 Å². The summed E-state index contributed by atoms with van der Waals surface area (Å²) in [6.45, 7) is 5.65. The van der Waals surface area contributed by atoms with Crippen molar-refractivity contribution in [2.24, 2.45) is 0 Å². The van der Waals surface area contributed by atoms with E-state index in [2.05, 4.69) is 43.6 Å². The minimum absolute atomic E-state index is 0.00722. The van der Waals surface area contributed by atoms with Crippen LogP contribution >= 0.6 is 0 Å². The van der Waals surface area contributed by atoms with Crippen LogP contribution in [0.5, 0.6) is 0 Å². The molecule has 19 heteroatoms. The van der Waals surface area contributed by atoms with Crippen LogP contribution in [0, 0.1) is 17.1 Å². The van der Waals surface area contributed by atoms with Crippen molar-refractivity contribution < 1.29 is 23.9 Å². The fourth-order valence-corrected chi connectivity index (χ4v) is 9.88. The molecule has 6 aromatic rings. The molecular formula is C48H51FN14O4. The Bertz CT molecular complexity index is 2860. The first-order valence-electron chi connectivity index (χ1n) is 22.9. The van der Waals surface area contributed by atoms with Crippen molar-refractivity contribution in [2.45, 2.75) is 87.8 Å². The van der Waals surface area contributed by atoms with Crippen LogP contribution in [0.1, 0.15) is 82.1 Å². The number of carbonyl (C=O) groups excluding carboxylic acids is 3. The summed E-state index contributed by atoms with van der Waals surface area (Å²) in [4.78, 5) is 62.1. The Morgan fingerprint density at radius 3 is 2.37 bits per heavy atom. The highest BCUT2D eigenvalue weighted by molar-refractivity contribution is 6.01. The van der Waals surface area contributed by atoms with Crippen LogP contribution < -0.4 is 20.4 Å². The van der Waals surface area contributed by atoms with E-state index in [0.29, 0.717) is 92.1 Å². The molecule has 18 nitrogen and oxygen atoms in total. The van der Waals surface area contributed by atoms with Gasteiger partial charge in [0.2, 0.25) is 17.7 Å². The van der Waals surface area contributed by atoms with Gasteiger partial charge in [-0.3, -0.25) is 24.4 Å². The molecule has 4 aliphatic rings. The number of rotatable bonds is 10. The molecule has 67 heavy (non-hydrogen) atoms. The number of amides is 3. The third-order valence-corrected chi connectivity index (χ3v) is 14.1. The number of aromatic nitrogens is 8. The third kappa shape index (κ3) is 8.88. The molecule has 3 N–H and O–H groups in total. The summed E-state index contributed by atoms with van der Waals surface area (Å²) in [5, 5.41) is 36.0. The second-order valence-corrected chi connectivity index (χ2v) is 18.5. The maximum absolute atomic E-state index is 15.3. The molecule has 0 bridgehead atoms. The van der Waals surface area contributed by atoms with Gasteiger partial charge in [0.15, 0.2) is 0 Å². The van der Waals surface area contributed by atoms with E-state index in [1.54, 1.807) is 53.8 Å². The zero-order chi connectivity index (χ0) is 46.3. The van der Waals surface area contributed by atoms with Crippen LogP contribution in [0.4, 0.5) is 21.6 Å². The number of halogens is 1. The summed E-state index contributed by atoms with van der Waals surface area (Å²) in [5.41, 5.74) is 3.31. The molecule has 3 amide bonds. The van der Waals surface area contributed by atoms with Gasteiger partial charge in [0, 0.05) is 92.7 Å². The average Bonchev–Trinajstić information content (AvgIpc) is 4.02. The Labute approximate surface area is 385 Å². The number of benzene rings is 1. The Morgan fingerprint density at radius 2 is 1.67 bits per heavy atom. The number of piperidine rings is 4. The molecule has 1 aromatic carbocycles. The lowest BCUT2D eigenvalue weighted by molar-refractivity contribution is -0.139. The van der Waals surface area contributed by atoms with Crippen LogP contribution in [-0.4, -0.2) is 118 Å². The first-order valence-corrected chi connectivity index (χ1v) is 22.9. The summed E-state index contributed by atoms with van der Waals surface area (Å²) in [5.74, 6) is 0.430. The van der Waals surface area contributed by atoms with E-state index in [9.17, 15) is 24.8 Å². The fourth-order valence-electron chi connectivity index (χ4n) is 9.88. The zero-order valence-corrected chi connectivity index (χ0v) is 37.2. The van der Waals surface area contributed by atoms with Crippen LogP contribution in [0.25, 0.3) is 28.0 Å². The smallest absolute Gasteiger partial charge is 0.249 e. The number of anilines is 3. The van der Waals surface area contributed by atoms with Gasteiger partial charge < -0.3 is 25.1 Å².